The van der Waals surface area contributed by atoms with Crippen LogP contribution in [0.25, 0.3) is 0 Å². The van der Waals surface area contributed by atoms with E-state index < -0.39 is 0 Å². The molecule has 3 N–H and O–H groups in total. The molecule has 1 atom stereocenters. The highest BCUT2D eigenvalue weighted by atomic mass is 32.1. The Bertz CT molecular complexity index is 543. The van der Waals surface area contributed by atoms with Crippen LogP contribution in [-0.2, 0) is 0 Å². The summed E-state index contributed by atoms with van der Waals surface area (Å²) < 4.78 is 0. The lowest BCUT2D eigenvalue weighted by Crippen LogP contribution is -2.31. The molecule has 100 valence electrons. The summed E-state index contributed by atoms with van der Waals surface area (Å²) in [5.41, 5.74) is 4.04. The number of aromatic nitrogens is 2. The number of aromatic amines is 1. The van der Waals surface area contributed by atoms with Gasteiger partial charge in [-0.05, 0) is 38.6 Å². The molecule has 0 fully saturated rings. The molecule has 1 heterocycles. The zero-order valence-corrected chi connectivity index (χ0v) is 12.1. The summed E-state index contributed by atoms with van der Waals surface area (Å²) in [5.74, 6) is 0. The van der Waals surface area contributed by atoms with Crippen molar-refractivity contribution in [1.29, 1.82) is 0 Å². The molecule has 0 saturated heterocycles. The summed E-state index contributed by atoms with van der Waals surface area (Å²) in [4.78, 5) is 0. The average molecular weight is 274 g/mol. The van der Waals surface area contributed by atoms with Crippen LogP contribution >= 0.6 is 12.2 Å². The van der Waals surface area contributed by atoms with E-state index in [1.54, 1.807) is 0 Å². The Hall–Kier alpha value is -1.88. The number of nitrogens with zero attached hydrogens (tertiary/aromatic N) is 1. The monoisotopic (exact) mass is 274 g/mol. The van der Waals surface area contributed by atoms with E-state index in [-0.39, 0.29) is 6.04 Å². The van der Waals surface area contributed by atoms with E-state index in [1.165, 1.54) is 5.56 Å². The van der Waals surface area contributed by atoms with Gasteiger partial charge in [0, 0.05) is 0 Å². The molecule has 2 rings (SSSR count). The van der Waals surface area contributed by atoms with Crippen LogP contribution in [0.3, 0.4) is 0 Å². The predicted octanol–water partition coefficient (Wildman–Crippen LogP) is 3.07. The fourth-order valence-electron chi connectivity index (χ4n) is 1.91. The molecule has 0 aliphatic heterocycles. The van der Waals surface area contributed by atoms with Gasteiger partial charge in [0.1, 0.15) is 0 Å². The van der Waals surface area contributed by atoms with Crippen molar-refractivity contribution in [3.05, 3.63) is 47.3 Å². The van der Waals surface area contributed by atoms with Crippen LogP contribution in [0.15, 0.2) is 30.3 Å². The molecule has 2 aromatic rings. The Labute approximate surface area is 118 Å². The number of rotatable bonds is 3. The molecule has 1 aromatic carbocycles. The van der Waals surface area contributed by atoms with Gasteiger partial charge in [-0.2, -0.15) is 5.10 Å². The van der Waals surface area contributed by atoms with Crippen LogP contribution in [-0.4, -0.2) is 15.3 Å². The van der Waals surface area contributed by atoms with Gasteiger partial charge in [0.25, 0.3) is 0 Å². The van der Waals surface area contributed by atoms with Gasteiger partial charge >= 0.3 is 0 Å². The Kier molecular flexibility index (Phi) is 4.16. The summed E-state index contributed by atoms with van der Waals surface area (Å²) in [6.45, 7) is 5.99. The van der Waals surface area contributed by atoms with Crippen LogP contribution in [0.1, 0.15) is 29.9 Å². The van der Waals surface area contributed by atoms with Crippen LogP contribution < -0.4 is 10.6 Å². The van der Waals surface area contributed by atoms with Gasteiger partial charge in [0.05, 0.1) is 23.1 Å². The minimum Gasteiger partial charge on any atom is -0.356 e. The van der Waals surface area contributed by atoms with Crippen molar-refractivity contribution < 1.29 is 0 Å². The standard InChI is InChI=1S/C14H18N4S/c1-9(12-7-5-4-6-8-12)15-14(19)16-13-10(2)17-18-11(13)3/h4-9H,1-3H3,(H,17,18)(H2,15,16,19). The van der Waals surface area contributed by atoms with Crippen LogP contribution in [0.2, 0.25) is 0 Å². The van der Waals surface area contributed by atoms with Gasteiger partial charge in [-0.3, -0.25) is 5.10 Å². The summed E-state index contributed by atoms with van der Waals surface area (Å²) in [6, 6.07) is 10.4. The quantitative estimate of drug-likeness (QED) is 0.753. The highest BCUT2D eigenvalue weighted by Gasteiger charge is 2.10. The van der Waals surface area contributed by atoms with Crippen molar-refractivity contribution in [3.8, 4) is 0 Å². The number of anilines is 1. The first-order chi connectivity index (χ1) is 9.08. The maximum absolute atomic E-state index is 5.33. The van der Waals surface area contributed by atoms with E-state index in [0.29, 0.717) is 5.11 Å². The Morgan fingerprint density at radius 3 is 2.53 bits per heavy atom. The molecular weight excluding hydrogens is 256 g/mol. The third kappa shape index (κ3) is 3.32. The molecule has 0 spiro atoms. The van der Waals surface area contributed by atoms with Crippen molar-refractivity contribution in [1.82, 2.24) is 15.5 Å². The number of H-pyrrole nitrogens is 1. The van der Waals surface area contributed by atoms with Gasteiger partial charge < -0.3 is 10.6 Å². The van der Waals surface area contributed by atoms with Crippen molar-refractivity contribution in [2.24, 2.45) is 0 Å². The minimum absolute atomic E-state index is 0.161. The molecule has 4 nitrogen and oxygen atoms in total. The Balaban J connectivity index is 1.99. The SMILES string of the molecule is Cc1n[nH]c(C)c1NC(=S)NC(C)c1ccccc1. The van der Waals surface area contributed by atoms with Crippen molar-refractivity contribution in [2.45, 2.75) is 26.8 Å². The highest BCUT2D eigenvalue weighted by molar-refractivity contribution is 7.80. The summed E-state index contributed by atoms with van der Waals surface area (Å²) in [7, 11) is 0. The van der Waals surface area contributed by atoms with Crippen molar-refractivity contribution >= 4 is 23.0 Å². The van der Waals surface area contributed by atoms with Crippen LogP contribution in [0, 0.1) is 13.8 Å². The number of aryl methyl sites for hydroxylation is 2. The van der Waals surface area contributed by atoms with E-state index in [2.05, 4.69) is 39.9 Å². The zero-order valence-electron chi connectivity index (χ0n) is 11.3. The topological polar surface area (TPSA) is 52.7 Å². The Morgan fingerprint density at radius 1 is 1.26 bits per heavy atom. The first-order valence-corrected chi connectivity index (χ1v) is 6.62. The lowest BCUT2D eigenvalue weighted by molar-refractivity contribution is 0.722. The highest BCUT2D eigenvalue weighted by Crippen LogP contribution is 2.17. The van der Waals surface area contributed by atoms with Crippen molar-refractivity contribution in [3.63, 3.8) is 0 Å². The minimum atomic E-state index is 0.161. The number of hydrogen-bond donors (Lipinski definition) is 3. The molecule has 0 aliphatic carbocycles. The normalized spacial score (nSPS) is 11.9. The van der Waals surface area contributed by atoms with E-state index in [1.807, 2.05) is 32.0 Å². The number of nitrogens with one attached hydrogen (secondary N) is 3. The number of thiocarbonyl (C=S) groups is 1. The molecule has 1 unspecified atom stereocenters. The molecular formula is C14H18N4S. The van der Waals surface area contributed by atoms with E-state index >= 15 is 0 Å². The Morgan fingerprint density at radius 2 is 1.95 bits per heavy atom. The molecule has 0 amide bonds. The molecule has 0 aliphatic rings. The summed E-state index contributed by atoms with van der Waals surface area (Å²) in [5, 5.41) is 14.1. The lowest BCUT2D eigenvalue weighted by Gasteiger charge is -2.17. The van der Waals surface area contributed by atoms with Crippen LogP contribution in [0.4, 0.5) is 5.69 Å². The van der Waals surface area contributed by atoms with Gasteiger partial charge in [0.2, 0.25) is 0 Å². The second kappa shape index (κ2) is 5.84. The first-order valence-electron chi connectivity index (χ1n) is 6.22. The van der Waals surface area contributed by atoms with Crippen molar-refractivity contribution in [2.75, 3.05) is 5.32 Å². The second-order valence-corrected chi connectivity index (χ2v) is 4.95. The maximum atomic E-state index is 5.33. The third-order valence-electron chi connectivity index (χ3n) is 3.01. The molecule has 0 bridgehead atoms. The molecule has 0 radical (unpaired) electrons. The summed E-state index contributed by atoms with van der Waals surface area (Å²) >= 11 is 5.33. The fourth-order valence-corrected chi connectivity index (χ4v) is 2.19. The molecule has 5 heteroatoms. The number of benzene rings is 1. The van der Waals surface area contributed by atoms with Gasteiger partial charge in [0.15, 0.2) is 5.11 Å². The maximum Gasteiger partial charge on any atom is 0.171 e. The molecule has 0 saturated carbocycles. The van der Waals surface area contributed by atoms with E-state index in [0.717, 1.165) is 17.1 Å². The van der Waals surface area contributed by atoms with E-state index in [9.17, 15) is 0 Å². The van der Waals surface area contributed by atoms with E-state index in [4.69, 9.17) is 12.2 Å². The zero-order chi connectivity index (χ0) is 13.8. The third-order valence-corrected chi connectivity index (χ3v) is 3.23. The smallest absolute Gasteiger partial charge is 0.171 e. The summed E-state index contributed by atoms with van der Waals surface area (Å²) in [6.07, 6.45) is 0. The number of hydrogen-bond acceptors (Lipinski definition) is 2. The van der Waals surface area contributed by atoms with Gasteiger partial charge in [-0.25, -0.2) is 0 Å². The second-order valence-electron chi connectivity index (χ2n) is 4.54. The first kappa shape index (κ1) is 13.5. The largest absolute Gasteiger partial charge is 0.356 e. The fraction of sp³-hybridized carbons (Fsp3) is 0.286. The van der Waals surface area contributed by atoms with Crippen LogP contribution in [0.5, 0.6) is 0 Å². The van der Waals surface area contributed by atoms with Gasteiger partial charge in [-0.15, -0.1) is 0 Å². The van der Waals surface area contributed by atoms with Gasteiger partial charge in [-0.1, -0.05) is 30.3 Å². The lowest BCUT2D eigenvalue weighted by atomic mass is 10.1. The predicted molar refractivity (Wildman–Crippen MR) is 82.3 cm³/mol. The molecule has 1 aromatic heterocycles. The molecule has 19 heavy (non-hydrogen) atoms. The average Bonchev–Trinajstić information content (AvgIpc) is 2.71.